The maximum Gasteiger partial charge on any atom is 0.237 e. The number of aromatic carboxylic acids is 1. The Balaban J connectivity index is 1.79. The van der Waals surface area contributed by atoms with Crippen LogP contribution in [0.3, 0.4) is 0 Å². The highest BCUT2D eigenvalue weighted by atomic mass is 16.4. The summed E-state index contributed by atoms with van der Waals surface area (Å²) in [5.74, 6) is -1.74. The molecule has 1 aliphatic heterocycles. The van der Waals surface area contributed by atoms with Crippen LogP contribution in [-0.4, -0.2) is 17.8 Å². The number of carbonyl (C=O) groups is 3. The molecule has 3 fully saturated rings. The first-order valence-corrected chi connectivity index (χ1v) is 7.28. The van der Waals surface area contributed by atoms with Gasteiger partial charge in [-0.3, -0.25) is 9.59 Å². The third-order valence-corrected chi connectivity index (χ3v) is 5.29. The van der Waals surface area contributed by atoms with E-state index in [4.69, 9.17) is 0 Å². The van der Waals surface area contributed by atoms with Gasteiger partial charge in [0.1, 0.15) is 0 Å². The SMILES string of the molecule is O=C([O-])c1ccccc1N1C(=O)[C@@H]2[C@@H]3CC[C@@H](C3)[C@@H]2C1=O. The fraction of sp³-hybridized carbons (Fsp3) is 0.438. The Kier molecular flexibility index (Phi) is 2.49. The number of carboxylic acid groups (broad SMARTS) is 1. The second kappa shape index (κ2) is 4.16. The fourth-order valence-corrected chi connectivity index (χ4v) is 4.49. The molecule has 1 heterocycles. The highest BCUT2D eigenvalue weighted by molar-refractivity contribution is 6.24. The summed E-state index contributed by atoms with van der Waals surface area (Å²) in [5.41, 5.74) is 0.0489. The van der Waals surface area contributed by atoms with Crippen LogP contribution in [0.5, 0.6) is 0 Å². The minimum absolute atomic E-state index is 0.105. The van der Waals surface area contributed by atoms with Gasteiger partial charge in [-0.1, -0.05) is 18.2 Å². The summed E-state index contributed by atoms with van der Waals surface area (Å²) >= 11 is 0. The lowest BCUT2D eigenvalue weighted by molar-refractivity contribution is -0.254. The average Bonchev–Trinajstić information content (AvgIpc) is 3.13. The highest BCUT2D eigenvalue weighted by Crippen LogP contribution is 2.56. The van der Waals surface area contributed by atoms with Crippen LogP contribution in [0, 0.1) is 23.7 Å². The van der Waals surface area contributed by atoms with Crippen LogP contribution in [0.15, 0.2) is 24.3 Å². The molecule has 2 bridgehead atoms. The van der Waals surface area contributed by atoms with Crippen LogP contribution in [0.2, 0.25) is 0 Å². The molecule has 4 atom stereocenters. The summed E-state index contributed by atoms with van der Waals surface area (Å²) < 4.78 is 0. The second-order valence-corrected chi connectivity index (χ2v) is 6.20. The molecule has 1 aromatic carbocycles. The molecule has 2 saturated carbocycles. The maximum absolute atomic E-state index is 12.7. The number of nitrogens with zero attached hydrogens (tertiary/aromatic N) is 1. The van der Waals surface area contributed by atoms with Crippen LogP contribution < -0.4 is 10.0 Å². The molecule has 0 N–H and O–H groups in total. The number of hydrogen-bond acceptors (Lipinski definition) is 4. The standard InChI is InChI=1S/C16H15NO4/c18-14-12-8-5-6-9(7-8)13(12)15(19)17(14)11-4-2-1-3-10(11)16(20)21/h1-4,8-9,12-13H,5-7H2,(H,20,21)/p-1/t8-,9+,12-,13+. The van der Waals surface area contributed by atoms with Crippen LogP contribution in [-0.2, 0) is 9.59 Å². The van der Waals surface area contributed by atoms with Gasteiger partial charge >= 0.3 is 0 Å². The zero-order valence-electron chi connectivity index (χ0n) is 11.3. The minimum Gasteiger partial charge on any atom is -0.545 e. The third kappa shape index (κ3) is 1.54. The van der Waals surface area contributed by atoms with Crippen molar-refractivity contribution in [3.05, 3.63) is 29.8 Å². The molecule has 3 aliphatic rings. The van der Waals surface area contributed by atoms with E-state index in [0.29, 0.717) is 0 Å². The van der Waals surface area contributed by atoms with Crippen molar-refractivity contribution < 1.29 is 19.5 Å². The van der Waals surface area contributed by atoms with Gasteiger partial charge < -0.3 is 9.90 Å². The number of para-hydroxylation sites is 1. The predicted octanol–water partition coefficient (Wildman–Crippen LogP) is 0.586. The Bertz CT molecular complexity index is 640. The van der Waals surface area contributed by atoms with E-state index in [1.54, 1.807) is 12.1 Å². The fourth-order valence-electron chi connectivity index (χ4n) is 4.49. The van der Waals surface area contributed by atoms with Crippen LogP contribution >= 0.6 is 0 Å². The van der Waals surface area contributed by atoms with Gasteiger partial charge in [0.05, 0.1) is 23.5 Å². The van der Waals surface area contributed by atoms with Crippen molar-refractivity contribution in [1.82, 2.24) is 0 Å². The van der Waals surface area contributed by atoms with Gasteiger partial charge in [0.25, 0.3) is 0 Å². The van der Waals surface area contributed by atoms with Crippen molar-refractivity contribution in [3.63, 3.8) is 0 Å². The van der Waals surface area contributed by atoms with Crippen molar-refractivity contribution >= 4 is 23.5 Å². The van der Waals surface area contributed by atoms with E-state index in [9.17, 15) is 19.5 Å². The molecular weight excluding hydrogens is 270 g/mol. The number of rotatable bonds is 2. The van der Waals surface area contributed by atoms with Gasteiger partial charge in [0.15, 0.2) is 0 Å². The van der Waals surface area contributed by atoms with Crippen LogP contribution in [0.4, 0.5) is 5.69 Å². The number of hydrogen-bond donors (Lipinski definition) is 0. The Morgan fingerprint density at radius 3 is 2.19 bits per heavy atom. The molecule has 2 amide bonds. The molecule has 5 nitrogen and oxygen atoms in total. The zero-order chi connectivity index (χ0) is 14.7. The maximum atomic E-state index is 12.7. The van der Waals surface area contributed by atoms with E-state index in [2.05, 4.69) is 0 Å². The van der Waals surface area contributed by atoms with E-state index in [-0.39, 0.29) is 46.7 Å². The first-order chi connectivity index (χ1) is 10.1. The van der Waals surface area contributed by atoms with Crippen molar-refractivity contribution in [2.75, 3.05) is 4.90 Å². The van der Waals surface area contributed by atoms with Gasteiger partial charge in [-0.05, 0) is 37.2 Å². The van der Waals surface area contributed by atoms with E-state index in [1.165, 1.54) is 12.1 Å². The lowest BCUT2D eigenvalue weighted by Crippen LogP contribution is -2.35. The van der Waals surface area contributed by atoms with Crippen molar-refractivity contribution in [2.45, 2.75) is 19.3 Å². The molecule has 5 heteroatoms. The molecule has 1 saturated heterocycles. The first-order valence-electron chi connectivity index (χ1n) is 7.28. The van der Waals surface area contributed by atoms with Crippen LogP contribution in [0.25, 0.3) is 0 Å². The van der Waals surface area contributed by atoms with E-state index in [0.717, 1.165) is 24.2 Å². The normalized spacial score (nSPS) is 33.6. The number of carbonyl (C=O) groups excluding carboxylic acids is 3. The van der Waals surface area contributed by atoms with Gasteiger partial charge in [-0.25, -0.2) is 4.90 Å². The number of amides is 2. The van der Waals surface area contributed by atoms with E-state index >= 15 is 0 Å². The smallest absolute Gasteiger partial charge is 0.237 e. The van der Waals surface area contributed by atoms with Crippen molar-refractivity contribution in [3.8, 4) is 0 Å². The van der Waals surface area contributed by atoms with Gasteiger partial charge in [0, 0.05) is 5.56 Å². The number of imide groups is 1. The molecule has 4 rings (SSSR count). The molecule has 1 aromatic rings. The topological polar surface area (TPSA) is 77.5 Å². The zero-order valence-corrected chi connectivity index (χ0v) is 11.3. The minimum atomic E-state index is -1.37. The summed E-state index contributed by atoms with van der Waals surface area (Å²) in [6.07, 6.45) is 2.96. The van der Waals surface area contributed by atoms with Crippen molar-refractivity contribution in [1.29, 1.82) is 0 Å². The summed E-state index contributed by atoms with van der Waals surface area (Å²) in [5, 5.41) is 11.2. The molecule has 0 aromatic heterocycles. The molecule has 108 valence electrons. The Hall–Kier alpha value is -2.17. The Morgan fingerprint density at radius 1 is 1.05 bits per heavy atom. The van der Waals surface area contributed by atoms with Crippen LogP contribution in [0.1, 0.15) is 29.6 Å². The molecule has 21 heavy (non-hydrogen) atoms. The largest absolute Gasteiger partial charge is 0.545 e. The quantitative estimate of drug-likeness (QED) is 0.744. The predicted molar refractivity (Wildman–Crippen MR) is 71.1 cm³/mol. The molecule has 0 unspecified atom stereocenters. The molecular formula is C16H14NO4-. The highest BCUT2D eigenvalue weighted by Gasteiger charge is 2.61. The summed E-state index contributed by atoms with van der Waals surface area (Å²) in [6, 6.07) is 6.06. The monoisotopic (exact) mass is 284 g/mol. The summed E-state index contributed by atoms with van der Waals surface area (Å²) in [4.78, 5) is 37.6. The summed E-state index contributed by atoms with van der Waals surface area (Å²) in [6.45, 7) is 0. The summed E-state index contributed by atoms with van der Waals surface area (Å²) in [7, 11) is 0. The second-order valence-electron chi connectivity index (χ2n) is 6.20. The average molecular weight is 284 g/mol. The number of anilines is 1. The lowest BCUT2D eigenvalue weighted by Gasteiger charge is -2.20. The third-order valence-electron chi connectivity index (χ3n) is 5.29. The number of carboxylic acids is 1. The van der Waals surface area contributed by atoms with Gasteiger partial charge in [-0.2, -0.15) is 0 Å². The number of benzene rings is 1. The Morgan fingerprint density at radius 2 is 1.62 bits per heavy atom. The van der Waals surface area contributed by atoms with E-state index in [1.807, 2.05) is 0 Å². The first kappa shape index (κ1) is 12.6. The molecule has 0 spiro atoms. The van der Waals surface area contributed by atoms with E-state index < -0.39 is 5.97 Å². The lowest BCUT2D eigenvalue weighted by atomic mass is 9.81. The van der Waals surface area contributed by atoms with Gasteiger partial charge in [-0.15, -0.1) is 0 Å². The molecule has 2 aliphatic carbocycles. The van der Waals surface area contributed by atoms with Gasteiger partial charge in [0.2, 0.25) is 11.8 Å². The Labute approximate surface area is 121 Å². The van der Waals surface area contributed by atoms with Crippen molar-refractivity contribution in [2.24, 2.45) is 23.7 Å². The molecule has 0 radical (unpaired) electrons. The number of fused-ring (bicyclic) bond motifs is 5.